The Morgan fingerprint density at radius 3 is 2.65 bits per heavy atom. The van der Waals surface area contributed by atoms with E-state index >= 15 is 0 Å². The summed E-state index contributed by atoms with van der Waals surface area (Å²) in [6.45, 7) is 3.52. The largest absolute Gasteiger partial charge is 0.480 e. The van der Waals surface area contributed by atoms with Crippen LogP contribution in [0, 0.1) is 0 Å². The Morgan fingerprint density at radius 2 is 2.00 bits per heavy atom. The Kier molecular flexibility index (Phi) is 6.36. The molecule has 0 unspecified atom stereocenters. The number of nitrogens with two attached hydrogens (primary N) is 1. The number of hydrogen-bond acceptors (Lipinski definition) is 5. The highest BCUT2D eigenvalue weighted by Crippen LogP contribution is 2.19. The summed E-state index contributed by atoms with van der Waals surface area (Å²) in [5.74, 6) is -0.256. The Balaban J connectivity index is 2.21. The van der Waals surface area contributed by atoms with Crippen LogP contribution in [0.25, 0.3) is 0 Å². The van der Waals surface area contributed by atoms with Crippen LogP contribution in [0.2, 0.25) is 0 Å². The number of nitrogens with one attached hydrogen (secondary N) is 1. The first-order valence-electron chi connectivity index (χ1n) is 6.41. The number of esters is 1. The minimum Gasteiger partial charge on any atom is -0.480 e. The summed E-state index contributed by atoms with van der Waals surface area (Å²) in [6.07, 6.45) is 0.136. The second kappa shape index (κ2) is 8.04. The topological polar surface area (TPSA) is 90.6 Å². The molecule has 110 valence electrons. The maximum Gasteiger partial charge on any atom is 0.344 e. The Bertz CT molecular complexity index is 460. The molecule has 0 heterocycles. The van der Waals surface area contributed by atoms with E-state index in [1.54, 1.807) is 24.3 Å². The van der Waals surface area contributed by atoms with Crippen molar-refractivity contribution in [3.63, 3.8) is 0 Å². The predicted molar refractivity (Wildman–Crippen MR) is 75.2 cm³/mol. The summed E-state index contributed by atoms with van der Waals surface area (Å²) in [5.41, 5.74) is 6.12. The molecular weight excluding hydrogens is 260 g/mol. The molecule has 1 amide bonds. The number of hydrogen-bond donors (Lipinski definition) is 2. The first kappa shape index (κ1) is 15.8. The third-order valence-corrected chi connectivity index (χ3v) is 2.31. The molecule has 0 atom stereocenters. The standard InChI is InChI=1S/C14H20N2O4/c1-10(2)16-13(17)7-8-19-14(18)9-20-12-6-4-3-5-11(12)15/h3-6,10H,7-9,15H2,1-2H3,(H,16,17). The smallest absolute Gasteiger partial charge is 0.344 e. The quantitative estimate of drug-likeness (QED) is 0.576. The maximum atomic E-state index is 11.4. The van der Waals surface area contributed by atoms with Gasteiger partial charge in [-0.15, -0.1) is 0 Å². The van der Waals surface area contributed by atoms with Gasteiger partial charge in [-0.1, -0.05) is 12.1 Å². The zero-order chi connectivity index (χ0) is 15.0. The molecule has 1 rings (SSSR count). The van der Waals surface area contributed by atoms with Crippen LogP contribution in [0.1, 0.15) is 20.3 Å². The van der Waals surface area contributed by atoms with Crippen LogP contribution in [0.15, 0.2) is 24.3 Å². The Hall–Kier alpha value is -2.24. The highest BCUT2D eigenvalue weighted by Gasteiger charge is 2.08. The van der Waals surface area contributed by atoms with Crippen molar-refractivity contribution in [1.29, 1.82) is 0 Å². The van der Waals surface area contributed by atoms with Crippen molar-refractivity contribution in [1.82, 2.24) is 5.32 Å². The molecule has 0 radical (unpaired) electrons. The molecule has 0 spiro atoms. The summed E-state index contributed by atoms with van der Waals surface area (Å²) in [5, 5.41) is 2.70. The molecule has 0 saturated carbocycles. The van der Waals surface area contributed by atoms with Crippen molar-refractivity contribution >= 4 is 17.6 Å². The van der Waals surface area contributed by atoms with Crippen LogP contribution in [0.5, 0.6) is 5.75 Å². The molecule has 0 fully saturated rings. The lowest BCUT2D eigenvalue weighted by atomic mass is 10.3. The van der Waals surface area contributed by atoms with E-state index in [1.807, 2.05) is 13.8 Å². The van der Waals surface area contributed by atoms with Crippen LogP contribution >= 0.6 is 0 Å². The van der Waals surface area contributed by atoms with Crippen molar-refractivity contribution in [3.8, 4) is 5.75 Å². The Labute approximate surface area is 118 Å². The van der Waals surface area contributed by atoms with Gasteiger partial charge in [-0.2, -0.15) is 0 Å². The molecule has 6 nitrogen and oxygen atoms in total. The molecule has 1 aromatic carbocycles. The molecular formula is C14H20N2O4. The van der Waals surface area contributed by atoms with Gasteiger partial charge in [0.25, 0.3) is 0 Å². The number of benzene rings is 1. The lowest BCUT2D eigenvalue weighted by Crippen LogP contribution is -2.31. The maximum absolute atomic E-state index is 11.4. The number of ether oxygens (including phenoxy) is 2. The van der Waals surface area contributed by atoms with E-state index in [0.717, 1.165) is 0 Å². The molecule has 20 heavy (non-hydrogen) atoms. The van der Waals surface area contributed by atoms with Crippen LogP contribution in [-0.2, 0) is 14.3 Å². The third-order valence-electron chi connectivity index (χ3n) is 2.31. The number of nitrogen functional groups attached to an aromatic ring is 1. The molecule has 3 N–H and O–H groups in total. The summed E-state index contributed by atoms with van der Waals surface area (Å²) in [4.78, 5) is 22.7. The highest BCUT2D eigenvalue weighted by molar-refractivity contribution is 5.77. The number of rotatable bonds is 7. The summed E-state index contributed by atoms with van der Waals surface area (Å²) < 4.78 is 10.1. The highest BCUT2D eigenvalue weighted by atomic mass is 16.6. The molecule has 0 aliphatic rings. The van der Waals surface area contributed by atoms with E-state index in [-0.39, 0.29) is 31.6 Å². The number of amides is 1. The molecule has 0 aliphatic heterocycles. The van der Waals surface area contributed by atoms with Gasteiger partial charge in [0.05, 0.1) is 12.1 Å². The van der Waals surface area contributed by atoms with Gasteiger partial charge in [-0.3, -0.25) is 4.79 Å². The Morgan fingerprint density at radius 1 is 1.30 bits per heavy atom. The molecule has 0 aromatic heterocycles. The normalized spacial score (nSPS) is 10.2. The van der Waals surface area contributed by atoms with Crippen LogP contribution in [-0.4, -0.2) is 31.1 Å². The zero-order valence-corrected chi connectivity index (χ0v) is 11.7. The lowest BCUT2D eigenvalue weighted by molar-refractivity contribution is -0.146. The fourth-order valence-corrected chi connectivity index (χ4v) is 1.44. The van der Waals surface area contributed by atoms with Gasteiger partial charge in [0.2, 0.25) is 5.91 Å². The minimum absolute atomic E-state index is 0.0328. The third kappa shape index (κ3) is 6.08. The SMILES string of the molecule is CC(C)NC(=O)CCOC(=O)COc1ccccc1N. The van der Waals surface area contributed by atoms with Crippen LogP contribution in [0.4, 0.5) is 5.69 Å². The number of carbonyl (C=O) groups excluding carboxylic acids is 2. The van der Waals surface area contributed by atoms with Gasteiger partial charge in [-0.05, 0) is 26.0 Å². The van der Waals surface area contributed by atoms with Gasteiger partial charge >= 0.3 is 5.97 Å². The van der Waals surface area contributed by atoms with E-state index in [2.05, 4.69) is 5.32 Å². The van der Waals surface area contributed by atoms with Gasteiger partial charge in [0.1, 0.15) is 12.4 Å². The van der Waals surface area contributed by atoms with Crippen molar-refractivity contribution in [3.05, 3.63) is 24.3 Å². The molecule has 1 aromatic rings. The van der Waals surface area contributed by atoms with Crippen molar-refractivity contribution in [2.45, 2.75) is 26.3 Å². The summed E-state index contributed by atoms with van der Waals surface area (Å²) >= 11 is 0. The fraction of sp³-hybridized carbons (Fsp3) is 0.429. The monoisotopic (exact) mass is 280 g/mol. The molecule has 6 heteroatoms. The average Bonchev–Trinajstić information content (AvgIpc) is 2.37. The number of anilines is 1. The minimum atomic E-state index is -0.536. The second-order valence-electron chi connectivity index (χ2n) is 4.52. The summed E-state index contributed by atoms with van der Waals surface area (Å²) in [7, 11) is 0. The summed E-state index contributed by atoms with van der Waals surface area (Å²) in [6, 6.07) is 6.94. The van der Waals surface area contributed by atoms with Crippen molar-refractivity contribution in [2.75, 3.05) is 18.9 Å². The first-order chi connectivity index (χ1) is 9.49. The molecule has 0 saturated heterocycles. The second-order valence-corrected chi connectivity index (χ2v) is 4.52. The molecule has 0 aliphatic carbocycles. The van der Waals surface area contributed by atoms with E-state index in [1.165, 1.54) is 0 Å². The van der Waals surface area contributed by atoms with Crippen molar-refractivity contribution in [2.24, 2.45) is 0 Å². The fourth-order valence-electron chi connectivity index (χ4n) is 1.44. The van der Waals surface area contributed by atoms with E-state index < -0.39 is 5.97 Å². The van der Waals surface area contributed by atoms with Gasteiger partial charge in [0, 0.05) is 6.04 Å². The zero-order valence-electron chi connectivity index (χ0n) is 11.7. The van der Waals surface area contributed by atoms with Crippen LogP contribution < -0.4 is 15.8 Å². The number of para-hydroxylation sites is 2. The lowest BCUT2D eigenvalue weighted by Gasteiger charge is -2.10. The van der Waals surface area contributed by atoms with Gasteiger partial charge < -0.3 is 20.5 Å². The van der Waals surface area contributed by atoms with Crippen LogP contribution in [0.3, 0.4) is 0 Å². The molecule has 0 bridgehead atoms. The number of carbonyl (C=O) groups is 2. The van der Waals surface area contributed by atoms with E-state index in [0.29, 0.717) is 11.4 Å². The van der Waals surface area contributed by atoms with E-state index in [9.17, 15) is 9.59 Å². The first-order valence-corrected chi connectivity index (χ1v) is 6.41. The predicted octanol–water partition coefficient (Wildman–Crippen LogP) is 1.11. The van der Waals surface area contributed by atoms with E-state index in [4.69, 9.17) is 15.2 Å². The average molecular weight is 280 g/mol. The van der Waals surface area contributed by atoms with Gasteiger partial charge in [0.15, 0.2) is 6.61 Å². The van der Waals surface area contributed by atoms with Crippen molar-refractivity contribution < 1.29 is 19.1 Å². The van der Waals surface area contributed by atoms with Gasteiger partial charge in [-0.25, -0.2) is 4.79 Å².